The molecule has 1 amide bonds. The van der Waals surface area contributed by atoms with Crippen LogP contribution in [0.4, 0.5) is 0 Å². The number of fused-ring (bicyclic) bond motifs is 1. The van der Waals surface area contributed by atoms with E-state index in [0.717, 1.165) is 43.2 Å². The fourth-order valence-electron chi connectivity index (χ4n) is 4.52. The molecule has 0 atom stereocenters. The van der Waals surface area contributed by atoms with Gasteiger partial charge >= 0.3 is 0 Å². The van der Waals surface area contributed by atoms with E-state index in [2.05, 4.69) is 35.6 Å². The van der Waals surface area contributed by atoms with Gasteiger partial charge in [-0.3, -0.25) is 4.79 Å². The molecule has 0 aromatic heterocycles. The highest BCUT2D eigenvalue weighted by atomic mass is 35.5. The molecule has 1 fully saturated rings. The normalized spacial score (nSPS) is 17.7. The van der Waals surface area contributed by atoms with E-state index in [1.807, 2.05) is 24.3 Å². The van der Waals surface area contributed by atoms with Gasteiger partial charge in [-0.1, -0.05) is 30.3 Å². The van der Waals surface area contributed by atoms with Gasteiger partial charge in [0.1, 0.15) is 6.54 Å². The van der Waals surface area contributed by atoms with Gasteiger partial charge in [0.15, 0.2) is 11.5 Å². The Hall–Kier alpha value is -2.96. The number of carbonyl (C=O) groups is 1. The molecule has 0 unspecified atom stereocenters. The molecule has 1 aliphatic heterocycles. The van der Waals surface area contributed by atoms with Crippen LogP contribution in [-0.4, -0.2) is 46.4 Å². The minimum absolute atomic E-state index is 0. The van der Waals surface area contributed by atoms with Gasteiger partial charge in [-0.2, -0.15) is 0 Å². The summed E-state index contributed by atoms with van der Waals surface area (Å²) in [4.78, 5) is 14.5. The average molecular weight is 471 g/mol. The van der Waals surface area contributed by atoms with Gasteiger partial charge in [-0.15, -0.1) is 0 Å². The highest BCUT2D eigenvalue weighted by Gasteiger charge is 2.24. The predicted molar refractivity (Wildman–Crippen MR) is 125 cm³/mol. The maximum Gasteiger partial charge on any atom is 0.251 e. The van der Waals surface area contributed by atoms with E-state index in [0.29, 0.717) is 22.8 Å². The Balaban J connectivity index is 0.00000306. The van der Waals surface area contributed by atoms with E-state index in [1.54, 1.807) is 26.2 Å². The number of ether oxygens (including phenoxy) is 3. The lowest BCUT2D eigenvalue weighted by molar-refractivity contribution is -0.918. The van der Waals surface area contributed by atoms with Crippen molar-refractivity contribution in [3.8, 4) is 17.2 Å². The molecule has 2 N–H and O–H groups in total. The zero-order valence-electron chi connectivity index (χ0n) is 19.3. The smallest absolute Gasteiger partial charge is 0.251 e. The standard InChI is InChI=1S/C26H30N2O4.ClH/c1-30-23-16-20-15-19(9-10-22(20)24(31-2)25(23)32-3)26(29)27-21-11-13-28(14-12-21)17-18-7-5-4-6-8-18;/h4-10,15-16,21H,11-14,17H2,1-3H3,(H,27,29);1H. The molecule has 3 aromatic rings. The van der Waals surface area contributed by atoms with Crippen LogP contribution in [0.25, 0.3) is 10.8 Å². The number of likely N-dealkylation sites (tertiary alicyclic amines) is 1. The number of nitrogens with one attached hydrogen (secondary N) is 2. The number of amides is 1. The fraction of sp³-hybridized carbons (Fsp3) is 0.346. The van der Waals surface area contributed by atoms with Crippen molar-refractivity contribution >= 4 is 16.7 Å². The number of hydrogen-bond acceptors (Lipinski definition) is 4. The Labute approximate surface area is 201 Å². The third-order valence-corrected chi connectivity index (χ3v) is 6.23. The van der Waals surface area contributed by atoms with Crippen molar-refractivity contribution in [1.29, 1.82) is 0 Å². The van der Waals surface area contributed by atoms with Gasteiger partial charge in [-0.05, 0) is 29.7 Å². The first-order valence-corrected chi connectivity index (χ1v) is 11.0. The lowest BCUT2D eigenvalue weighted by atomic mass is 10.0. The summed E-state index contributed by atoms with van der Waals surface area (Å²) in [5.74, 6) is 1.67. The van der Waals surface area contributed by atoms with E-state index in [9.17, 15) is 4.79 Å². The third-order valence-electron chi connectivity index (χ3n) is 6.23. The minimum Gasteiger partial charge on any atom is -1.00 e. The summed E-state index contributed by atoms with van der Waals surface area (Å²) < 4.78 is 16.5. The van der Waals surface area contributed by atoms with E-state index in [1.165, 1.54) is 5.56 Å². The molecule has 1 heterocycles. The molecule has 33 heavy (non-hydrogen) atoms. The van der Waals surface area contributed by atoms with Crippen molar-refractivity contribution in [3.63, 3.8) is 0 Å². The molecular weight excluding hydrogens is 440 g/mol. The van der Waals surface area contributed by atoms with Crippen molar-refractivity contribution in [2.24, 2.45) is 0 Å². The first-order chi connectivity index (χ1) is 15.6. The highest BCUT2D eigenvalue weighted by Crippen LogP contribution is 2.43. The van der Waals surface area contributed by atoms with Gasteiger partial charge in [-0.25, -0.2) is 0 Å². The summed E-state index contributed by atoms with van der Waals surface area (Å²) in [6, 6.07) is 18.3. The van der Waals surface area contributed by atoms with Crippen molar-refractivity contribution in [1.82, 2.24) is 5.32 Å². The van der Waals surface area contributed by atoms with Gasteiger partial charge < -0.3 is 36.8 Å². The topological polar surface area (TPSA) is 61.2 Å². The maximum atomic E-state index is 13.0. The zero-order chi connectivity index (χ0) is 22.5. The van der Waals surface area contributed by atoms with E-state index in [-0.39, 0.29) is 24.4 Å². The molecule has 176 valence electrons. The van der Waals surface area contributed by atoms with Crippen LogP contribution in [0.15, 0.2) is 54.6 Å². The Morgan fingerprint density at radius 2 is 1.64 bits per heavy atom. The predicted octanol–water partition coefficient (Wildman–Crippen LogP) is -0.153. The van der Waals surface area contributed by atoms with E-state index >= 15 is 0 Å². The second-order valence-corrected chi connectivity index (χ2v) is 8.24. The Bertz CT molecular complexity index is 1080. The molecular formula is C26H31ClN2O4. The molecule has 6 nitrogen and oxygen atoms in total. The van der Waals surface area contributed by atoms with Crippen molar-refractivity contribution in [2.75, 3.05) is 34.4 Å². The SMILES string of the molecule is COc1cc2cc(C(=O)NC3CC[NH+](Cc4ccccc4)CC3)ccc2c(OC)c1OC.[Cl-]. The lowest BCUT2D eigenvalue weighted by Crippen LogP contribution is -3.12. The second-order valence-electron chi connectivity index (χ2n) is 8.24. The van der Waals surface area contributed by atoms with Crippen LogP contribution in [0, 0.1) is 0 Å². The summed E-state index contributed by atoms with van der Waals surface area (Å²) >= 11 is 0. The van der Waals surface area contributed by atoms with Crippen LogP contribution in [0.1, 0.15) is 28.8 Å². The highest BCUT2D eigenvalue weighted by molar-refractivity contribution is 6.01. The Morgan fingerprint density at radius 3 is 2.27 bits per heavy atom. The first-order valence-electron chi connectivity index (χ1n) is 11.0. The zero-order valence-corrected chi connectivity index (χ0v) is 20.1. The number of hydrogen-bond donors (Lipinski definition) is 2. The van der Waals surface area contributed by atoms with Crippen LogP contribution < -0.4 is 36.8 Å². The summed E-state index contributed by atoms with van der Waals surface area (Å²) in [5, 5.41) is 4.97. The van der Waals surface area contributed by atoms with Gasteiger partial charge in [0.2, 0.25) is 5.75 Å². The monoisotopic (exact) mass is 470 g/mol. The average Bonchev–Trinajstić information content (AvgIpc) is 2.84. The molecule has 0 aliphatic carbocycles. The maximum absolute atomic E-state index is 13.0. The number of rotatable bonds is 7. The molecule has 4 rings (SSSR count). The van der Waals surface area contributed by atoms with Crippen LogP contribution in [-0.2, 0) is 6.54 Å². The largest absolute Gasteiger partial charge is 1.00 e. The molecule has 0 saturated carbocycles. The molecule has 1 aliphatic rings. The van der Waals surface area contributed by atoms with Crippen LogP contribution in [0.2, 0.25) is 0 Å². The Morgan fingerprint density at radius 1 is 0.939 bits per heavy atom. The molecule has 3 aromatic carbocycles. The number of carbonyl (C=O) groups excluding carboxylic acids is 1. The minimum atomic E-state index is -0.0443. The first kappa shape index (κ1) is 24.7. The van der Waals surface area contributed by atoms with Crippen molar-refractivity contribution in [3.05, 3.63) is 65.7 Å². The van der Waals surface area contributed by atoms with Gasteiger partial charge in [0.25, 0.3) is 5.91 Å². The summed E-state index contributed by atoms with van der Waals surface area (Å²) in [7, 11) is 4.77. The Kier molecular flexibility index (Phi) is 8.42. The molecule has 0 bridgehead atoms. The molecule has 7 heteroatoms. The second kappa shape index (κ2) is 11.3. The number of benzene rings is 3. The number of methoxy groups -OCH3 is 3. The third kappa shape index (κ3) is 5.52. The quantitative estimate of drug-likeness (QED) is 0.504. The van der Waals surface area contributed by atoms with Gasteiger partial charge in [0.05, 0.1) is 34.4 Å². The van der Waals surface area contributed by atoms with Crippen LogP contribution in [0.3, 0.4) is 0 Å². The van der Waals surface area contributed by atoms with Gasteiger partial charge in [0, 0.05) is 35.4 Å². The van der Waals surface area contributed by atoms with Crippen LogP contribution >= 0.6 is 0 Å². The summed E-state index contributed by atoms with van der Waals surface area (Å²) in [6.45, 7) is 3.16. The molecule has 0 radical (unpaired) electrons. The van der Waals surface area contributed by atoms with Crippen LogP contribution in [0.5, 0.6) is 17.2 Å². The molecule has 1 saturated heterocycles. The van der Waals surface area contributed by atoms with Crippen molar-refractivity contribution in [2.45, 2.75) is 25.4 Å². The van der Waals surface area contributed by atoms with E-state index in [4.69, 9.17) is 14.2 Å². The van der Waals surface area contributed by atoms with Crippen molar-refractivity contribution < 1.29 is 36.3 Å². The number of piperidine rings is 1. The summed E-state index contributed by atoms with van der Waals surface area (Å²) in [6.07, 6.45) is 1.97. The van der Waals surface area contributed by atoms with E-state index < -0.39 is 0 Å². The molecule has 0 spiro atoms. The summed E-state index contributed by atoms with van der Waals surface area (Å²) in [5.41, 5.74) is 1.99. The fourth-order valence-corrected chi connectivity index (χ4v) is 4.52. The lowest BCUT2D eigenvalue weighted by Gasteiger charge is -2.30. The number of halogens is 1. The number of quaternary nitrogens is 1.